The molecule has 0 bridgehead atoms. The lowest BCUT2D eigenvalue weighted by molar-refractivity contribution is -0.0942. The molecule has 0 aromatic rings. The predicted molar refractivity (Wildman–Crippen MR) is 123 cm³/mol. The van der Waals surface area contributed by atoms with Gasteiger partial charge < -0.3 is 24.8 Å². The minimum absolute atomic E-state index is 0.0840. The Morgan fingerprint density at radius 3 is 1.83 bits per heavy atom. The number of hydrogen-bond acceptors (Lipinski definition) is 5. The highest BCUT2D eigenvalue weighted by atomic mass is 16.6. The van der Waals surface area contributed by atoms with Crippen LogP contribution in [0.15, 0.2) is 12.2 Å². The summed E-state index contributed by atoms with van der Waals surface area (Å²) < 4.78 is 10.9. The van der Waals surface area contributed by atoms with E-state index < -0.39 is 24.4 Å². The van der Waals surface area contributed by atoms with E-state index in [9.17, 15) is 15.3 Å². The third-order valence-corrected chi connectivity index (χ3v) is 6.03. The topological polar surface area (TPSA) is 79.2 Å². The van der Waals surface area contributed by atoms with E-state index in [1.54, 1.807) is 0 Å². The molecule has 5 nitrogen and oxygen atoms in total. The van der Waals surface area contributed by atoms with Crippen LogP contribution < -0.4 is 0 Å². The van der Waals surface area contributed by atoms with E-state index in [1.165, 1.54) is 89.9 Å². The van der Waals surface area contributed by atoms with Crippen molar-refractivity contribution >= 4 is 0 Å². The summed E-state index contributed by atoms with van der Waals surface area (Å²) in [5.74, 6) is 0. The zero-order chi connectivity index (χ0) is 21.9. The van der Waals surface area contributed by atoms with E-state index >= 15 is 0 Å². The van der Waals surface area contributed by atoms with Crippen molar-refractivity contribution in [1.82, 2.24) is 0 Å². The third kappa shape index (κ3) is 13.1. The van der Waals surface area contributed by atoms with E-state index in [0.29, 0.717) is 6.61 Å². The van der Waals surface area contributed by atoms with Crippen LogP contribution in [-0.2, 0) is 9.47 Å². The van der Waals surface area contributed by atoms with Gasteiger partial charge >= 0.3 is 0 Å². The Morgan fingerprint density at radius 2 is 1.37 bits per heavy atom. The van der Waals surface area contributed by atoms with E-state index in [1.807, 2.05) is 6.08 Å². The van der Waals surface area contributed by atoms with Crippen molar-refractivity contribution in [3.8, 4) is 0 Å². The maximum atomic E-state index is 9.83. The summed E-state index contributed by atoms with van der Waals surface area (Å²) in [4.78, 5) is 0. The van der Waals surface area contributed by atoms with Crippen LogP contribution >= 0.6 is 0 Å². The van der Waals surface area contributed by atoms with Gasteiger partial charge in [-0.1, -0.05) is 103 Å². The van der Waals surface area contributed by atoms with Gasteiger partial charge in [-0.2, -0.15) is 0 Å². The molecule has 4 atom stereocenters. The fraction of sp³-hybridized carbons (Fsp3) is 0.920. The third-order valence-electron chi connectivity index (χ3n) is 6.03. The smallest absolute Gasteiger partial charge is 0.114 e. The van der Waals surface area contributed by atoms with Gasteiger partial charge in [-0.15, -0.1) is 0 Å². The van der Waals surface area contributed by atoms with Gasteiger partial charge in [-0.05, 0) is 12.8 Å². The molecule has 0 aliphatic carbocycles. The molecule has 5 heteroatoms. The molecule has 0 aromatic heterocycles. The number of unbranched alkanes of at least 4 members (excludes halogenated alkanes) is 14. The molecule has 0 amide bonds. The molecule has 178 valence electrons. The van der Waals surface area contributed by atoms with Crippen molar-refractivity contribution in [2.24, 2.45) is 0 Å². The first-order valence-corrected chi connectivity index (χ1v) is 12.6. The zero-order valence-corrected chi connectivity index (χ0v) is 19.4. The highest BCUT2D eigenvalue weighted by Gasteiger charge is 2.40. The van der Waals surface area contributed by atoms with Gasteiger partial charge in [-0.3, -0.25) is 0 Å². The summed E-state index contributed by atoms with van der Waals surface area (Å²) >= 11 is 0. The summed E-state index contributed by atoms with van der Waals surface area (Å²) in [5, 5.41) is 28.8. The monoisotopic (exact) mass is 428 g/mol. The van der Waals surface area contributed by atoms with Gasteiger partial charge in [-0.25, -0.2) is 0 Å². The van der Waals surface area contributed by atoms with Crippen LogP contribution in [0.25, 0.3) is 0 Å². The Morgan fingerprint density at radius 1 is 0.833 bits per heavy atom. The molecule has 0 aromatic carbocycles. The second kappa shape index (κ2) is 19.2. The average molecular weight is 429 g/mol. The molecule has 0 unspecified atom stereocenters. The van der Waals surface area contributed by atoms with E-state index in [2.05, 4.69) is 13.0 Å². The largest absolute Gasteiger partial charge is 0.394 e. The van der Waals surface area contributed by atoms with E-state index in [0.717, 1.165) is 6.42 Å². The van der Waals surface area contributed by atoms with Crippen LogP contribution in [0.1, 0.15) is 103 Å². The van der Waals surface area contributed by atoms with Crippen LogP contribution in [0.5, 0.6) is 0 Å². The molecule has 1 saturated heterocycles. The van der Waals surface area contributed by atoms with Gasteiger partial charge in [0.05, 0.1) is 19.8 Å². The van der Waals surface area contributed by atoms with Crippen LogP contribution in [0.3, 0.4) is 0 Å². The van der Waals surface area contributed by atoms with E-state index in [4.69, 9.17) is 9.47 Å². The van der Waals surface area contributed by atoms with Crippen molar-refractivity contribution in [2.45, 2.75) is 128 Å². The van der Waals surface area contributed by atoms with E-state index in [-0.39, 0.29) is 13.2 Å². The Hall–Kier alpha value is -0.460. The average Bonchev–Trinajstić information content (AvgIpc) is 3.08. The Balaban J connectivity index is 1.85. The second-order valence-electron chi connectivity index (χ2n) is 8.77. The standard InChI is InChI=1S/C25H48O5/c1-2-3-4-5-6-7-8-9-10-11-12-13-14-15-16-17-18-19-29-23(20-26)25-24(28)22(27)21-30-25/h17-18,22-28H,2-16,19-21H2,1H3/b18-17+/t22-,23+,24+,25+/m0/s1. The van der Waals surface area contributed by atoms with Gasteiger partial charge in [0.2, 0.25) is 0 Å². The van der Waals surface area contributed by atoms with Gasteiger partial charge in [0.1, 0.15) is 24.4 Å². The first-order chi connectivity index (χ1) is 14.7. The zero-order valence-electron chi connectivity index (χ0n) is 19.4. The molecular weight excluding hydrogens is 380 g/mol. The summed E-state index contributed by atoms with van der Waals surface area (Å²) in [6.45, 7) is 2.50. The number of aliphatic hydroxyl groups is 3. The lowest BCUT2D eigenvalue weighted by Crippen LogP contribution is -2.42. The second-order valence-corrected chi connectivity index (χ2v) is 8.77. The molecule has 1 aliphatic heterocycles. The lowest BCUT2D eigenvalue weighted by atomic mass is 10.0. The number of ether oxygens (including phenoxy) is 2. The van der Waals surface area contributed by atoms with Gasteiger partial charge in [0.25, 0.3) is 0 Å². The number of allylic oxidation sites excluding steroid dienone is 1. The first kappa shape index (κ1) is 27.6. The molecule has 1 rings (SSSR count). The van der Waals surface area contributed by atoms with Crippen molar-refractivity contribution < 1.29 is 24.8 Å². The fourth-order valence-electron chi connectivity index (χ4n) is 4.03. The normalized spacial score (nSPS) is 22.9. The van der Waals surface area contributed by atoms with Crippen LogP contribution in [0.2, 0.25) is 0 Å². The first-order valence-electron chi connectivity index (χ1n) is 12.6. The maximum Gasteiger partial charge on any atom is 0.114 e. The molecule has 1 fully saturated rings. The summed E-state index contributed by atoms with van der Waals surface area (Å²) in [5.41, 5.74) is 0. The quantitative estimate of drug-likeness (QED) is 0.190. The molecule has 0 radical (unpaired) electrons. The SMILES string of the molecule is CCCCCCCCCCCCCCCC/C=C/CO[C@H](CO)[C@H]1OC[C@H](O)[C@H]1O. The summed E-state index contributed by atoms with van der Waals surface area (Å²) in [6, 6.07) is 0. The van der Waals surface area contributed by atoms with Gasteiger partial charge in [0.15, 0.2) is 0 Å². The molecule has 1 aliphatic rings. The molecule has 0 spiro atoms. The Kier molecular flexibility index (Phi) is 17.7. The molecule has 0 saturated carbocycles. The number of hydrogen-bond donors (Lipinski definition) is 3. The maximum absolute atomic E-state index is 9.83. The Bertz CT molecular complexity index is 401. The minimum atomic E-state index is -0.998. The van der Waals surface area contributed by atoms with Crippen molar-refractivity contribution in [1.29, 1.82) is 0 Å². The highest BCUT2D eigenvalue weighted by molar-refractivity contribution is 4.89. The number of aliphatic hydroxyl groups excluding tert-OH is 3. The molecular formula is C25H48O5. The lowest BCUT2D eigenvalue weighted by Gasteiger charge is -2.23. The summed E-state index contributed by atoms with van der Waals surface area (Å²) in [6.07, 6.45) is 21.2. The predicted octanol–water partition coefficient (Wildman–Crippen LogP) is 4.91. The fourth-order valence-corrected chi connectivity index (χ4v) is 4.03. The van der Waals surface area contributed by atoms with Crippen LogP contribution in [-0.4, -0.2) is 59.6 Å². The van der Waals surface area contributed by atoms with Gasteiger partial charge in [0, 0.05) is 0 Å². The minimum Gasteiger partial charge on any atom is -0.394 e. The number of rotatable bonds is 20. The van der Waals surface area contributed by atoms with Crippen LogP contribution in [0, 0.1) is 0 Å². The molecule has 30 heavy (non-hydrogen) atoms. The van der Waals surface area contributed by atoms with Crippen molar-refractivity contribution in [3.63, 3.8) is 0 Å². The van der Waals surface area contributed by atoms with Crippen molar-refractivity contribution in [2.75, 3.05) is 19.8 Å². The van der Waals surface area contributed by atoms with Crippen LogP contribution in [0.4, 0.5) is 0 Å². The Labute approximate surface area is 184 Å². The molecule has 1 heterocycles. The summed E-state index contributed by atoms with van der Waals surface area (Å²) in [7, 11) is 0. The molecule has 3 N–H and O–H groups in total. The van der Waals surface area contributed by atoms with Crippen molar-refractivity contribution in [3.05, 3.63) is 12.2 Å². The highest BCUT2D eigenvalue weighted by Crippen LogP contribution is 2.19.